The van der Waals surface area contributed by atoms with Crippen molar-refractivity contribution in [3.05, 3.63) is 66.2 Å². The Morgan fingerprint density at radius 2 is 1.78 bits per heavy atom. The summed E-state index contributed by atoms with van der Waals surface area (Å²) in [5.74, 6) is 0.167. The number of fused-ring (bicyclic) bond motifs is 2. The van der Waals surface area contributed by atoms with Gasteiger partial charge in [0.15, 0.2) is 0 Å². The third-order valence-corrected chi connectivity index (χ3v) is 4.98. The molecule has 2 aromatic carbocycles. The van der Waals surface area contributed by atoms with E-state index in [0.29, 0.717) is 6.42 Å². The lowest BCUT2D eigenvalue weighted by molar-refractivity contribution is -0.128. The van der Waals surface area contributed by atoms with Gasteiger partial charge >= 0.3 is 0 Å². The molecule has 0 aliphatic heterocycles. The van der Waals surface area contributed by atoms with E-state index in [-0.39, 0.29) is 5.91 Å². The Kier molecular flexibility index (Phi) is 4.63. The Balaban J connectivity index is 1.73. The summed E-state index contributed by atoms with van der Waals surface area (Å²) in [6, 6.07) is 20.7. The number of hydrogen-bond donors (Lipinski definition) is 1. The molecule has 2 aromatic heterocycles. The quantitative estimate of drug-likeness (QED) is 0.558. The molecule has 0 aliphatic rings. The van der Waals surface area contributed by atoms with Crippen LogP contribution in [0, 0.1) is 0 Å². The summed E-state index contributed by atoms with van der Waals surface area (Å²) in [5.41, 5.74) is 5.33. The summed E-state index contributed by atoms with van der Waals surface area (Å²) in [5, 5.41) is 2.34. The van der Waals surface area contributed by atoms with E-state index in [4.69, 9.17) is 4.98 Å². The molecule has 0 saturated heterocycles. The van der Waals surface area contributed by atoms with E-state index in [1.165, 1.54) is 10.9 Å². The highest BCUT2D eigenvalue weighted by molar-refractivity contribution is 5.91. The molecule has 136 valence electrons. The highest BCUT2D eigenvalue weighted by atomic mass is 16.2. The van der Waals surface area contributed by atoms with E-state index < -0.39 is 0 Å². The number of para-hydroxylation sites is 2. The van der Waals surface area contributed by atoms with Crippen LogP contribution >= 0.6 is 0 Å². The van der Waals surface area contributed by atoms with Crippen LogP contribution in [0.3, 0.4) is 0 Å². The molecule has 0 bridgehead atoms. The number of nitrogens with one attached hydrogen (secondary N) is 1. The molecule has 0 radical (unpaired) electrons. The fraction of sp³-hybridized carbons (Fsp3) is 0.217. The first-order valence-corrected chi connectivity index (χ1v) is 9.29. The first kappa shape index (κ1) is 17.3. The highest BCUT2D eigenvalue weighted by Gasteiger charge is 2.15. The fourth-order valence-electron chi connectivity index (χ4n) is 3.52. The van der Waals surface area contributed by atoms with Crippen LogP contribution in [0.2, 0.25) is 0 Å². The van der Waals surface area contributed by atoms with Gasteiger partial charge in [-0.05, 0) is 36.6 Å². The number of hydrogen-bond acceptors (Lipinski definition) is 2. The third-order valence-electron chi connectivity index (χ3n) is 4.98. The van der Waals surface area contributed by atoms with Crippen LogP contribution in [-0.2, 0) is 11.2 Å². The number of aromatic nitrogens is 2. The van der Waals surface area contributed by atoms with Gasteiger partial charge in [0, 0.05) is 36.8 Å². The van der Waals surface area contributed by atoms with Crippen molar-refractivity contribution in [2.75, 3.05) is 14.1 Å². The van der Waals surface area contributed by atoms with Crippen molar-refractivity contribution in [3.8, 4) is 11.4 Å². The second kappa shape index (κ2) is 7.23. The minimum absolute atomic E-state index is 0.167. The van der Waals surface area contributed by atoms with Gasteiger partial charge in [-0.15, -0.1) is 0 Å². The average molecular weight is 357 g/mol. The monoisotopic (exact) mass is 357 g/mol. The zero-order chi connectivity index (χ0) is 18.8. The molecule has 1 amide bonds. The Morgan fingerprint density at radius 3 is 2.63 bits per heavy atom. The maximum Gasteiger partial charge on any atom is 0.222 e. The summed E-state index contributed by atoms with van der Waals surface area (Å²) in [7, 11) is 3.61. The van der Waals surface area contributed by atoms with Crippen molar-refractivity contribution in [3.63, 3.8) is 0 Å². The molecular weight excluding hydrogens is 334 g/mol. The normalized spacial score (nSPS) is 11.2. The van der Waals surface area contributed by atoms with Crippen molar-refractivity contribution in [2.45, 2.75) is 19.3 Å². The lowest BCUT2D eigenvalue weighted by Gasteiger charge is -2.10. The van der Waals surface area contributed by atoms with Crippen molar-refractivity contribution in [2.24, 2.45) is 0 Å². The van der Waals surface area contributed by atoms with E-state index in [9.17, 15) is 4.79 Å². The van der Waals surface area contributed by atoms with Gasteiger partial charge in [-0.25, -0.2) is 4.98 Å². The summed E-state index contributed by atoms with van der Waals surface area (Å²) >= 11 is 0. The predicted molar refractivity (Wildman–Crippen MR) is 111 cm³/mol. The predicted octanol–water partition coefficient (Wildman–Crippen LogP) is 4.79. The number of carbonyl (C=O) groups excluding carboxylic acids is 1. The van der Waals surface area contributed by atoms with Crippen LogP contribution in [0.5, 0.6) is 0 Å². The number of nitrogens with zero attached hydrogens (tertiary/aromatic N) is 2. The van der Waals surface area contributed by atoms with Gasteiger partial charge in [0.25, 0.3) is 0 Å². The third kappa shape index (κ3) is 3.43. The topological polar surface area (TPSA) is 49.0 Å². The van der Waals surface area contributed by atoms with E-state index in [2.05, 4.69) is 41.4 Å². The number of aryl methyl sites for hydroxylation is 1. The van der Waals surface area contributed by atoms with E-state index in [1.54, 1.807) is 19.0 Å². The summed E-state index contributed by atoms with van der Waals surface area (Å²) in [6.07, 6.45) is 2.21. The second-order valence-electron chi connectivity index (χ2n) is 7.06. The maximum atomic E-state index is 11.9. The number of carbonyl (C=O) groups is 1. The van der Waals surface area contributed by atoms with Crippen molar-refractivity contribution in [1.82, 2.24) is 14.9 Å². The number of benzene rings is 2. The first-order valence-electron chi connectivity index (χ1n) is 9.29. The highest BCUT2D eigenvalue weighted by Crippen LogP contribution is 2.31. The van der Waals surface area contributed by atoms with Crippen LogP contribution in [0.15, 0.2) is 60.7 Å². The Labute approximate surface area is 158 Å². The SMILES string of the molecule is CN(C)C(=O)CCCc1c(-c2ccc3ccccc3n2)[nH]c2ccccc12. The van der Waals surface area contributed by atoms with E-state index in [0.717, 1.165) is 40.6 Å². The van der Waals surface area contributed by atoms with Crippen LogP contribution in [-0.4, -0.2) is 34.9 Å². The second-order valence-corrected chi connectivity index (χ2v) is 7.06. The molecule has 0 unspecified atom stereocenters. The minimum atomic E-state index is 0.167. The van der Waals surface area contributed by atoms with Crippen LogP contribution < -0.4 is 0 Å². The van der Waals surface area contributed by atoms with Gasteiger partial charge in [0.2, 0.25) is 5.91 Å². The first-order chi connectivity index (χ1) is 13.1. The summed E-state index contributed by atoms with van der Waals surface area (Å²) in [4.78, 5) is 22.0. The molecule has 0 spiro atoms. The largest absolute Gasteiger partial charge is 0.353 e. The summed E-state index contributed by atoms with van der Waals surface area (Å²) < 4.78 is 0. The molecular formula is C23H23N3O. The van der Waals surface area contributed by atoms with Gasteiger partial charge in [-0.2, -0.15) is 0 Å². The fourth-order valence-corrected chi connectivity index (χ4v) is 3.52. The molecule has 4 aromatic rings. The zero-order valence-corrected chi connectivity index (χ0v) is 15.7. The maximum absolute atomic E-state index is 11.9. The molecule has 4 heteroatoms. The average Bonchev–Trinajstić information content (AvgIpc) is 3.06. The minimum Gasteiger partial charge on any atom is -0.353 e. The molecule has 2 heterocycles. The Bertz CT molecular complexity index is 1110. The van der Waals surface area contributed by atoms with E-state index in [1.807, 2.05) is 24.3 Å². The molecule has 0 saturated carbocycles. The molecule has 0 fully saturated rings. The van der Waals surface area contributed by atoms with Crippen molar-refractivity contribution < 1.29 is 4.79 Å². The van der Waals surface area contributed by atoms with Crippen LogP contribution in [0.1, 0.15) is 18.4 Å². The molecule has 4 rings (SSSR count). The zero-order valence-electron chi connectivity index (χ0n) is 15.7. The van der Waals surface area contributed by atoms with Gasteiger partial charge in [0.1, 0.15) is 0 Å². The van der Waals surface area contributed by atoms with Crippen LogP contribution in [0.4, 0.5) is 0 Å². The number of aromatic amines is 1. The number of H-pyrrole nitrogens is 1. The van der Waals surface area contributed by atoms with Gasteiger partial charge in [0.05, 0.1) is 16.9 Å². The summed E-state index contributed by atoms with van der Waals surface area (Å²) in [6.45, 7) is 0. The van der Waals surface area contributed by atoms with Crippen LogP contribution in [0.25, 0.3) is 33.2 Å². The van der Waals surface area contributed by atoms with Gasteiger partial charge in [-0.1, -0.05) is 42.5 Å². The molecule has 27 heavy (non-hydrogen) atoms. The number of pyridine rings is 1. The van der Waals surface area contributed by atoms with Crippen molar-refractivity contribution >= 4 is 27.7 Å². The number of rotatable bonds is 5. The van der Waals surface area contributed by atoms with E-state index >= 15 is 0 Å². The molecule has 4 nitrogen and oxygen atoms in total. The van der Waals surface area contributed by atoms with Gasteiger partial charge < -0.3 is 9.88 Å². The Morgan fingerprint density at radius 1 is 1.00 bits per heavy atom. The lowest BCUT2D eigenvalue weighted by atomic mass is 10.0. The van der Waals surface area contributed by atoms with Crippen molar-refractivity contribution in [1.29, 1.82) is 0 Å². The number of amides is 1. The molecule has 0 aliphatic carbocycles. The molecule has 0 atom stereocenters. The van der Waals surface area contributed by atoms with Gasteiger partial charge in [-0.3, -0.25) is 4.79 Å². The Hall–Kier alpha value is -3.14. The smallest absolute Gasteiger partial charge is 0.222 e. The standard InChI is InChI=1S/C23H23N3O/c1-26(2)22(27)13-7-10-18-17-9-4-6-12-20(17)25-23(18)21-15-14-16-8-3-5-11-19(16)24-21/h3-6,8-9,11-12,14-15,25H,7,10,13H2,1-2H3. The molecule has 1 N–H and O–H groups in total. The lowest BCUT2D eigenvalue weighted by Crippen LogP contribution is -2.21.